The summed E-state index contributed by atoms with van der Waals surface area (Å²) in [4.78, 5) is 36.6. The summed E-state index contributed by atoms with van der Waals surface area (Å²) in [7, 11) is 0. The molecule has 0 unspecified atom stereocenters. The summed E-state index contributed by atoms with van der Waals surface area (Å²) in [6.07, 6.45) is 7.39. The zero-order valence-electron chi connectivity index (χ0n) is 20.4. The molecule has 7 aromatic rings. The molecule has 0 spiro atoms. The van der Waals surface area contributed by atoms with E-state index in [4.69, 9.17) is 4.98 Å². The fourth-order valence-electron chi connectivity index (χ4n) is 4.68. The molecule has 0 amide bonds. The number of aromatic nitrogens is 8. The van der Waals surface area contributed by atoms with Crippen molar-refractivity contribution in [2.24, 2.45) is 5.41 Å². The number of nitrogens with one attached hydrogen (secondary N) is 2. The number of thiophene rings is 1. The molecule has 0 aliphatic rings. The van der Waals surface area contributed by atoms with Crippen molar-refractivity contribution in [3.05, 3.63) is 55.1 Å². The number of rotatable bonds is 1. The zero-order valence-corrected chi connectivity index (χ0v) is 21.2. The third-order valence-electron chi connectivity index (χ3n) is 6.33. The van der Waals surface area contributed by atoms with E-state index >= 15 is 0 Å². The van der Waals surface area contributed by atoms with Crippen LogP contribution >= 0.6 is 11.3 Å². The molecule has 182 valence electrons. The smallest absolute Gasteiger partial charge is 0.232 e. The first kappa shape index (κ1) is 21.8. The van der Waals surface area contributed by atoms with Crippen molar-refractivity contribution < 1.29 is 4.79 Å². The lowest BCUT2D eigenvalue weighted by Crippen LogP contribution is -2.19. The summed E-state index contributed by atoms with van der Waals surface area (Å²) in [6.45, 7) is 6.19. The van der Waals surface area contributed by atoms with E-state index in [-0.39, 0.29) is 11.3 Å². The summed E-state index contributed by atoms with van der Waals surface area (Å²) in [6, 6.07) is 9.80. The Morgan fingerprint density at radius 2 is 1.89 bits per heavy atom. The van der Waals surface area contributed by atoms with Crippen molar-refractivity contribution in [2.75, 3.05) is 0 Å². The van der Waals surface area contributed by atoms with Gasteiger partial charge in [0.2, 0.25) is 5.91 Å². The molecule has 0 aliphatic heterocycles. The van der Waals surface area contributed by atoms with Gasteiger partial charge < -0.3 is 4.98 Å². The van der Waals surface area contributed by atoms with Gasteiger partial charge in [-0.1, -0.05) is 20.8 Å². The van der Waals surface area contributed by atoms with Crippen LogP contribution in [0.2, 0.25) is 0 Å². The van der Waals surface area contributed by atoms with E-state index in [1.54, 1.807) is 29.4 Å². The highest BCUT2D eigenvalue weighted by molar-refractivity contribution is 7.24. The van der Waals surface area contributed by atoms with E-state index in [0.717, 1.165) is 47.9 Å². The van der Waals surface area contributed by atoms with Crippen LogP contribution in [0.25, 0.3) is 64.6 Å². The van der Waals surface area contributed by atoms with Gasteiger partial charge in [-0.15, -0.1) is 11.3 Å². The van der Waals surface area contributed by atoms with Crippen LogP contribution in [0.4, 0.5) is 0 Å². The maximum atomic E-state index is 13.7. The number of fused-ring (bicyclic) bond motifs is 9. The van der Waals surface area contributed by atoms with Gasteiger partial charge in [0.05, 0.1) is 39.2 Å². The molecule has 0 saturated carbocycles. The maximum Gasteiger partial charge on any atom is 0.232 e. The molecule has 37 heavy (non-hydrogen) atoms. The Morgan fingerprint density at radius 3 is 2.76 bits per heavy atom. The van der Waals surface area contributed by atoms with Crippen molar-refractivity contribution in [3.63, 3.8) is 0 Å². The Kier molecular flexibility index (Phi) is 4.58. The van der Waals surface area contributed by atoms with Crippen LogP contribution in [0.1, 0.15) is 32.0 Å². The number of hydrogen-bond acceptors (Lipinski definition) is 7. The van der Waals surface area contributed by atoms with E-state index < -0.39 is 0 Å². The van der Waals surface area contributed by atoms with Crippen molar-refractivity contribution >= 4 is 81.8 Å². The van der Waals surface area contributed by atoms with Crippen molar-refractivity contribution in [1.82, 2.24) is 39.7 Å². The average Bonchev–Trinajstić information content (AvgIpc) is 3.60. The lowest BCUT2D eigenvalue weighted by atomic mass is 9.92. The Labute approximate surface area is 213 Å². The Balaban J connectivity index is 1.72. The fourth-order valence-corrected chi connectivity index (χ4v) is 5.72. The second kappa shape index (κ2) is 7.78. The molecule has 0 aromatic carbocycles. The van der Waals surface area contributed by atoms with Crippen LogP contribution in [0.15, 0.2) is 55.1 Å². The van der Waals surface area contributed by atoms with Crippen LogP contribution in [0, 0.1) is 5.41 Å². The van der Waals surface area contributed by atoms with Gasteiger partial charge >= 0.3 is 0 Å². The van der Waals surface area contributed by atoms with E-state index in [9.17, 15) is 4.79 Å². The average molecular weight is 507 g/mol. The molecular weight excluding hydrogens is 484 g/mol. The molecule has 0 fully saturated rings. The second-order valence-corrected chi connectivity index (χ2v) is 11.4. The third-order valence-corrected chi connectivity index (χ3v) is 7.40. The number of pyridine rings is 3. The van der Waals surface area contributed by atoms with Crippen LogP contribution in [-0.2, 0) is 0 Å². The van der Waals surface area contributed by atoms with Crippen molar-refractivity contribution in [1.29, 1.82) is 0 Å². The number of H-pyrrole nitrogens is 2. The fraction of sp³-hybridized carbons (Fsp3) is 0.185. The van der Waals surface area contributed by atoms with Crippen molar-refractivity contribution in [2.45, 2.75) is 27.2 Å². The van der Waals surface area contributed by atoms with Gasteiger partial charge in [-0.05, 0) is 35.7 Å². The van der Waals surface area contributed by atoms with Gasteiger partial charge in [0, 0.05) is 29.6 Å². The zero-order chi connectivity index (χ0) is 25.3. The van der Waals surface area contributed by atoms with Crippen LogP contribution in [-0.4, -0.2) is 45.6 Å². The van der Waals surface area contributed by atoms with Crippen LogP contribution in [0.3, 0.4) is 0 Å². The van der Waals surface area contributed by atoms with E-state index in [1.165, 1.54) is 11.3 Å². The minimum Gasteiger partial charge on any atom is -0.336 e. The first-order chi connectivity index (χ1) is 17.8. The lowest BCUT2D eigenvalue weighted by molar-refractivity contribution is 0.0867. The third kappa shape index (κ3) is 3.60. The predicted molar refractivity (Wildman–Crippen MR) is 147 cm³/mol. The summed E-state index contributed by atoms with van der Waals surface area (Å²) in [5.74, 6) is -0.00192. The Hall–Kier alpha value is -4.44. The number of nitrogens with zero attached hydrogens (tertiary/aromatic N) is 6. The highest BCUT2D eigenvalue weighted by Gasteiger charge is 2.19. The molecule has 2 N–H and O–H groups in total. The van der Waals surface area contributed by atoms with Crippen molar-refractivity contribution in [3.8, 4) is 0 Å². The summed E-state index contributed by atoms with van der Waals surface area (Å²) in [5.41, 5.74) is 5.76. The second-order valence-electron chi connectivity index (χ2n) is 10.4. The number of aromatic amines is 2. The molecule has 0 aliphatic carbocycles. The van der Waals surface area contributed by atoms with E-state index in [0.29, 0.717) is 23.1 Å². The van der Waals surface area contributed by atoms with Gasteiger partial charge in [0.1, 0.15) is 21.4 Å². The SMILES string of the molecule is CC(C)(C)CC(=O)n1c2cncc(c2)c2cc3c(cn2)[nH]nc3c2nc3c(ccnc3c3ccc1s3)[nH]2. The molecule has 7 aromatic heterocycles. The first-order valence-electron chi connectivity index (χ1n) is 11.9. The maximum absolute atomic E-state index is 13.7. The molecule has 7 rings (SSSR count). The topological polar surface area (TPSA) is 118 Å². The minimum atomic E-state index is -0.178. The van der Waals surface area contributed by atoms with E-state index in [1.807, 2.05) is 30.3 Å². The molecule has 7 heterocycles. The predicted octanol–water partition coefficient (Wildman–Crippen LogP) is 6.30. The highest BCUT2D eigenvalue weighted by atomic mass is 32.1. The molecule has 9 nitrogen and oxygen atoms in total. The number of imidazole rings is 1. The normalized spacial score (nSPS) is 12.4. The molecule has 0 saturated heterocycles. The van der Waals surface area contributed by atoms with Gasteiger partial charge in [0.25, 0.3) is 0 Å². The molecule has 0 atom stereocenters. The standard InChI is InChI=1S/C27H22N8OS/c1-27(2,3)10-21(36)35-15-8-14(11-28-12-15)18-9-16-19(13-30-18)33-34-23(16)26-31-17-6-7-29-25(24(17)32-26)20-4-5-22(35)37-20/h4-9,11-13H,10H2,1-3H3,(H,31,32)(H,33,34). The molecular formula is C27H22N8OS. The molecule has 0 radical (unpaired) electrons. The summed E-state index contributed by atoms with van der Waals surface area (Å²) in [5, 5.41) is 9.29. The first-order valence-corrected chi connectivity index (χ1v) is 12.7. The van der Waals surface area contributed by atoms with Gasteiger partial charge in [-0.2, -0.15) is 5.10 Å². The monoisotopic (exact) mass is 506 g/mol. The lowest BCUT2D eigenvalue weighted by Gasteiger charge is -2.18. The van der Waals surface area contributed by atoms with E-state index in [2.05, 4.69) is 50.9 Å². The minimum absolute atomic E-state index is 0.00192. The van der Waals surface area contributed by atoms with Gasteiger partial charge in [-0.3, -0.25) is 29.4 Å². The Bertz CT molecular complexity index is 2090. The Morgan fingerprint density at radius 1 is 1.00 bits per heavy atom. The largest absolute Gasteiger partial charge is 0.336 e. The number of carbonyl (C=O) groups excluding carboxylic acids is 1. The highest BCUT2D eigenvalue weighted by Crippen LogP contribution is 2.30. The number of hydrogen-bond donors (Lipinski definition) is 2. The quantitative estimate of drug-likeness (QED) is 0.270. The number of carbonyl (C=O) groups is 1. The van der Waals surface area contributed by atoms with Gasteiger partial charge in [-0.25, -0.2) is 4.98 Å². The molecule has 8 bridgehead atoms. The van der Waals surface area contributed by atoms with Crippen LogP contribution in [0.5, 0.6) is 0 Å². The molecule has 10 heteroatoms. The van der Waals surface area contributed by atoms with Crippen LogP contribution < -0.4 is 0 Å². The summed E-state index contributed by atoms with van der Waals surface area (Å²) >= 11 is 1.50. The summed E-state index contributed by atoms with van der Waals surface area (Å²) < 4.78 is 2.67. The van der Waals surface area contributed by atoms with Gasteiger partial charge in [0.15, 0.2) is 5.65 Å².